The standard InChI is InChI=1S/C5H6Cl2O4/c1-3(11-5(7)9)2-10-4(6)8/h3H,2H2,1H3. The molecule has 0 amide bonds. The molecule has 0 saturated heterocycles. The van der Waals surface area contributed by atoms with Crippen LogP contribution in [0.5, 0.6) is 0 Å². The molecule has 0 radical (unpaired) electrons. The number of hydrogen-bond acceptors (Lipinski definition) is 4. The van der Waals surface area contributed by atoms with Crippen molar-refractivity contribution in [2.45, 2.75) is 13.0 Å². The first-order valence-corrected chi connectivity index (χ1v) is 3.46. The summed E-state index contributed by atoms with van der Waals surface area (Å²) in [6.07, 6.45) is -0.581. The Balaban J connectivity index is 3.44. The van der Waals surface area contributed by atoms with E-state index in [0.717, 1.165) is 0 Å². The Morgan fingerprint density at radius 2 is 1.91 bits per heavy atom. The first kappa shape index (κ1) is 10.5. The Labute approximate surface area is 73.4 Å². The zero-order chi connectivity index (χ0) is 8.85. The fourth-order valence-corrected chi connectivity index (χ4v) is 0.590. The molecule has 0 heterocycles. The van der Waals surface area contributed by atoms with Crippen molar-refractivity contribution in [3.63, 3.8) is 0 Å². The molecule has 0 aliphatic carbocycles. The van der Waals surface area contributed by atoms with Crippen LogP contribution in [0, 0.1) is 0 Å². The summed E-state index contributed by atoms with van der Waals surface area (Å²) in [6, 6.07) is 0. The smallest absolute Gasteiger partial charge is 0.404 e. The highest BCUT2D eigenvalue weighted by molar-refractivity contribution is 6.61. The third-order valence-corrected chi connectivity index (χ3v) is 0.924. The van der Waals surface area contributed by atoms with Gasteiger partial charge in [-0.25, -0.2) is 9.59 Å². The van der Waals surface area contributed by atoms with E-state index < -0.39 is 17.0 Å². The molecule has 0 aromatic carbocycles. The van der Waals surface area contributed by atoms with Gasteiger partial charge in [0.05, 0.1) is 0 Å². The zero-order valence-corrected chi connectivity index (χ0v) is 7.19. The lowest BCUT2D eigenvalue weighted by Gasteiger charge is -2.08. The first-order chi connectivity index (χ1) is 5.02. The molecular weight excluding hydrogens is 195 g/mol. The summed E-state index contributed by atoms with van der Waals surface area (Å²) in [6.45, 7) is 1.42. The maximum absolute atomic E-state index is 10.1. The molecular formula is C5H6Cl2O4. The molecule has 0 bridgehead atoms. The van der Waals surface area contributed by atoms with Crippen LogP contribution in [0.1, 0.15) is 6.92 Å². The molecule has 0 aliphatic heterocycles. The van der Waals surface area contributed by atoms with Crippen LogP contribution in [0.15, 0.2) is 0 Å². The molecule has 0 saturated carbocycles. The zero-order valence-electron chi connectivity index (χ0n) is 5.67. The Kier molecular flexibility index (Phi) is 4.98. The summed E-state index contributed by atoms with van der Waals surface area (Å²) in [5, 5.41) is 0. The Morgan fingerprint density at radius 1 is 1.36 bits per heavy atom. The number of hydrogen-bond donors (Lipinski definition) is 0. The van der Waals surface area contributed by atoms with E-state index in [4.69, 9.17) is 23.2 Å². The average molecular weight is 201 g/mol. The average Bonchev–Trinajstić information content (AvgIpc) is 1.82. The van der Waals surface area contributed by atoms with Gasteiger partial charge in [0.25, 0.3) is 0 Å². The van der Waals surface area contributed by atoms with Crippen molar-refractivity contribution in [3.8, 4) is 0 Å². The molecule has 64 valence electrons. The van der Waals surface area contributed by atoms with Crippen molar-refractivity contribution >= 4 is 34.1 Å². The monoisotopic (exact) mass is 200 g/mol. The van der Waals surface area contributed by atoms with Gasteiger partial charge in [-0.15, -0.1) is 0 Å². The van der Waals surface area contributed by atoms with Gasteiger partial charge < -0.3 is 9.47 Å². The van der Waals surface area contributed by atoms with Crippen molar-refractivity contribution in [2.75, 3.05) is 6.61 Å². The van der Waals surface area contributed by atoms with Gasteiger partial charge in [-0.1, -0.05) is 0 Å². The quantitative estimate of drug-likeness (QED) is 0.656. The summed E-state index contributed by atoms with van der Waals surface area (Å²) in [5.74, 6) is 0. The first-order valence-electron chi connectivity index (χ1n) is 2.70. The van der Waals surface area contributed by atoms with Gasteiger partial charge in [0.15, 0.2) is 0 Å². The lowest BCUT2D eigenvalue weighted by molar-refractivity contribution is 0.0749. The molecule has 0 aromatic rings. The Hall–Kier alpha value is -0.480. The predicted octanol–water partition coefficient (Wildman–Crippen LogP) is 2.13. The van der Waals surface area contributed by atoms with Crippen LogP contribution in [-0.2, 0) is 9.47 Å². The van der Waals surface area contributed by atoms with Gasteiger partial charge in [-0.05, 0) is 6.92 Å². The number of rotatable bonds is 3. The fourth-order valence-electron chi connectivity index (χ4n) is 0.375. The number of halogens is 2. The van der Waals surface area contributed by atoms with E-state index in [1.165, 1.54) is 6.92 Å². The summed E-state index contributed by atoms with van der Waals surface area (Å²) in [4.78, 5) is 20.1. The second kappa shape index (κ2) is 5.21. The normalized spacial score (nSPS) is 11.9. The maximum Gasteiger partial charge on any atom is 0.404 e. The summed E-state index contributed by atoms with van der Waals surface area (Å²) in [5.41, 5.74) is -1.88. The third kappa shape index (κ3) is 7.42. The summed E-state index contributed by atoms with van der Waals surface area (Å²) in [7, 11) is 0. The lowest BCUT2D eigenvalue weighted by atomic mass is 10.4. The van der Waals surface area contributed by atoms with Gasteiger partial charge in [0.1, 0.15) is 12.7 Å². The van der Waals surface area contributed by atoms with Crippen molar-refractivity contribution < 1.29 is 19.1 Å². The molecule has 0 aliphatic rings. The number of carbonyl (C=O) groups excluding carboxylic acids is 2. The molecule has 6 heteroatoms. The second-order valence-corrected chi connectivity index (χ2v) is 2.33. The van der Waals surface area contributed by atoms with Crippen LogP contribution in [-0.4, -0.2) is 23.6 Å². The third-order valence-electron chi connectivity index (χ3n) is 0.725. The molecule has 0 N–H and O–H groups in total. The van der Waals surface area contributed by atoms with Gasteiger partial charge in [-0.2, -0.15) is 0 Å². The van der Waals surface area contributed by atoms with Crippen molar-refractivity contribution in [1.82, 2.24) is 0 Å². The molecule has 1 unspecified atom stereocenters. The molecule has 0 rings (SSSR count). The van der Waals surface area contributed by atoms with E-state index in [0.29, 0.717) is 0 Å². The minimum atomic E-state index is -0.942. The van der Waals surface area contributed by atoms with E-state index in [1.54, 1.807) is 0 Å². The molecule has 0 aromatic heterocycles. The highest BCUT2D eigenvalue weighted by Gasteiger charge is 2.08. The van der Waals surface area contributed by atoms with Crippen molar-refractivity contribution in [1.29, 1.82) is 0 Å². The van der Waals surface area contributed by atoms with Crippen LogP contribution in [0.25, 0.3) is 0 Å². The van der Waals surface area contributed by atoms with E-state index in [1.807, 2.05) is 0 Å². The van der Waals surface area contributed by atoms with Crippen LogP contribution in [0.2, 0.25) is 0 Å². The van der Waals surface area contributed by atoms with Gasteiger partial charge in [-0.3, -0.25) is 0 Å². The fraction of sp³-hybridized carbons (Fsp3) is 0.600. The van der Waals surface area contributed by atoms with Crippen molar-refractivity contribution in [3.05, 3.63) is 0 Å². The predicted molar refractivity (Wildman–Crippen MR) is 39.0 cm³/mol. The van der Waals surface area contributed by atoms with E-state index >= 15 is 0 Å². The number of ether oxygens (including phenoxy) is 2. The molecule has 0 spiro atoms. The molecule has 1 atom stereocenters. The highest BCUT2D eigenvalue weighted by atomic mass is 35.5. The summed E-state index contributed by atoms with van der Waals surface area (Å²) >= 11 is 9.68. The lowest BCUT2D eigenvalue weighted by Crippen LogP contribution is -2.17. The topological polar surface area (TPSA) is 52.6 Å². The molecule has 0 fully saturated rings. The molecule has 11 heavy (non-hydrogen) atoms. The largest absolute Gasteiger partial charge is 0.450 e. The van der Waals surface area contributed by atoms with Crippen LogP contribution in [0.3, 0.4) is 0 Å². The second-order valence-electron chi connectivity index (χ2n) is 1.71. The molecule has 4 nitrogen and oxygen atoms in total. The summed E-state index contributed by atoms with van der Waals surface area (Å²) < 4.78 is 8.69. The van der Waals surface area contributed by atoms with Gasteiger partial charge in [0.2, 0.25) is 0 Å². The van der Waals surface area contributed by atoms with E-state index in [2.05, 4.69) is 9.47 Å². The van der Waals surface area contributed by atoms with Gasteiger partial charge >= 0.3 is 10.9 Å². The number of carbonyl (C=O) groups is 2. The Bertz CT molecular complexity index is 159. The Morgan fingerprint density at radius 3 is 2.27 bits per heavy atom. The SMILES string of the molecule is CC(COC(=O)Cl)OC(=O)Cl. The van der Waals surface area contributed by atoms with E-state index in [-0.39, 0.29) is 6.61 Å². The highest BCUT2D eigenvalue weighted by Crippen LogP contribution is 1.98. The van der Waals surface area contributed by atoms with Crippen molar-refractivity contribution in [2.24, 2.45) is 0 Å². The maximum atomic E-state index is 10.1. The minimum Gasteiger partial charge on any atom is -0.450 e. The van der Waals surface area contributed by atoms with E-state index in [9.17, 15) is 9.59 Å². The van der Waals surface area contributed by atoms with Crippen LogP contribution < -0.4 is 0 Å². The minimum absolute atomic E-state index is 0.0964. The van der Waals surface area contributed by atoms with Gasteiger partial charge in [0, 0.05) is 23.2 Å². The van der Waals surface area contributed by atoms with Crippen LogP contribution >= 0.6 is 23.2 Å². The van der Waals surface area contributed by atoms with Crippen LogP contribution in [0.4, 0.5) is 9.59 Å².